The molecule has 0 fully saturated rings. The van der Waals surface area contributed by atoms with Crippen LogP contribution in [0, 0.1) is 6.92 Å². The van der Waals surface area contributed by atoms with E-state index in [1.54, 1.807) is 6.92 Å². The van der Waals surface area contributed by atoms with Crippen LogP contribution in [0.25, 0.3) is 0 Å². The van der Waals surface area contributed by atoms with E-state index >= 15 is 0 Å². The summed E-state index contributed by atoms with van der Waals surface area (Å²) in [5.74, 6) is 0.737. The van der Waals surface area contributed by atoms with Gasteiger partial charge in [-0.3, -0.25) is 4.79 Å². The second kappa shape index (κ2) is 3.87. The van der Waals surface area contributed by atoms with Gasteiger partial charge in [-0.15, -0.1) is 0 Å². The SMILES string of the molecule is Cc1nc(OCCO)cc(=O)[nH]1. The van der Waals surface area contributed by atoms with Gasteiger partial charge in [0, 0.05) is 0 Å². The number of H-pyrrole nitrogens is 1. The lowest BCUT2D eigenvalue weighted by Gasteiger charge is -2.01. The number of aryl methyl sites for hydroxylation is 1. The topological polar surface area (TPSA) is 75.2 Å². The van der Waals surface area contributed by atoms with Crippen LogP contribution in [0.1, 0.15) is 5.82 Å². The Morgan fingerprint density at radius 1 is 1.75 bits per heavy atom. The summed E-state index contributed by atoms with van der Waals surface area (Å²) >= 11 is 0. The van der Waals surface area contributed by atoms with E-state index < -0.39 is 0 Å². The van der Waals surface area contributed by atoms with Crippen molar-refractivity contribution in [1.82, 2.24) is 9.97 Å². The van der Waals surface area contributed by atoms with E-state index in [9.17, 15) is 4.79 Å². The molecule has 0 saturated heterocycles. The number of hydrogen-bond acceptors (Lipinski definition) is 4. The van der Waals surface area contributed by atoms with Crippen LogP contribution in [0.2, 0.25) is 0 Å². The molecule has 0 saturated carbocycles. The standard InChI is InChI=1S/C7H10N2O3/c1-5-8-6(11)4-7(9-5)12-3-2-10/h4,10H,2-3H2,1H3,(H,8,9,11). The molecule has 1 rings (SSSR count). The van der Waals surface area contributed by atoms with Gasteiger partial charge in [0.1, 0.15) is 12.4 Å². The molecule has 0 spiro atoms. The van der Waals surface area contributed by atoms with Gasteiger partial charge in [0.2, 0.25) is 5.88 Å². The van der Waals surface area contributed by atoms with E-state index in [2.05, 4.69) is 9.97 Å². The molecule has 0 bridgehead atoms. The highest BCUT2D eigenvalue weighted by molar-refractivity contribution is 5.07. The number of hydrogen-bond donors (Lipinski definition) is 2. The Hall–Kier alpha value is -1.36. The summed E-state index contributed by atoms with van der Waals surface area (Å²) < 4.78 is 4.94. The van der Waals surface area contributed by atoms with Gasteiger partial charge in [0.25, 0.3) is 5.56 Å². The van der Waals surface area contributed by atoms with Crippen LogP contribution in [0.3, 0.4) is 0 Å². The molecule has 66 valence electrons. The summed E-state index contributed by atoms with van der Waals surface area (Å²) in [6.07, 6.45) is 0. The Labute approximate surface area is 69.0 Å². The van der Waals surface area contributed by atoms with Crippen molar-refractivity contribution in [3.05, 3.63) is 22.2 Å². The predicted octanol–water partition coefficient (Wildman–Crippen LogP) is -0.551. The van der Waals surface area contributed by atoms with Gasteiger partial charge in [-0.25, -0.2) is 4.98 Å². The van der Waals surface area contributed by atoms with Crippen molar-refractivity contribution in [2.75, 3.05) is 13.2 Å². The molecule has 5 heteroatoms. The van der Waals surface area contributed by atoms with Crippen LogP contribution in [0.15, 0.2) is 10.9 Å². The molecule has 0 unspecified atom stereocenters. The van der Waals surface area contributed by atoms with E-state index in [4.69, 9.17) is 9.84 Å². The number of aliphatic hydroxyl groups excluding tert-OH is 1. The number of aliphatic hydroxyl groups is 1. The molecule has 0 aliphatic rings. The van der Waals surface area contributed by atoms with Gasteiger partial charge >= 0.3 is 0 Å². The van der Waals surface area contributed by atoms with Crippen molar-refractivity contribution in [2.45, 2.75) is 6.92 Å². The molecule has 1 aromatic heterocycles. The number of aromatic amines is 1. The molecule has 0 aromatic carbocycles. The molecular formula is C7H10N2O3. The maximum atomic E-state index is 10.8. The zero-order valence-corrected chi connectivity index (χ0v) is 6.70. The minimum atomic E-state index is -0.254. The van der Waals surface area contributed by atoms with E-state index in [0.29, 0.717) is 5.82 Å². The fourth-order valence-corrected chi connectivity index (χ4v) is 0.776. The van der Waals surface area contributed by atoms with Gasteiger partial charge < -0.3 is 14.8 Å². The zero-order valence-electron chi connectivity index (χ0n) is 6.70. The molecular weight excluding hydrogens is 160 g/mol. The summed E-state index contributed by atoms with van der Waals surface area (Å²) in [6.45, 7) is 1.72. The summed E-state index contributed by atoms with van der Waals surface area (Å²) in [4.78, 5) is 17.2. The minimum absolute atomic E-state index is 0.0898. The number of nitrogens with zero attached hydrogens (tertiary/aromatic N) is 1. The number of nitrogens with one attached hydrogen (secondary N) is 1. The molecule has 0 radical (unpaired) electrons. The predicted molar refractivity (Wildman–Crippen MR) is 42.2 cm³/mol. The normalized spacial score (nSPS) is 9.83. The number of aromatic nitrogens is 2. The van der Waals surface area contributed by atoms with Crippen molar-refractivity contribution >= 4 is 0 Å². The third kappa shape index (κ3) is 2.35. The molecule has 0 aliphatic heterocycles. The average Bonchev–Trinajstić information content (AvgIpc) is 1.99. The van der Waals surface area contributed by atoms with Gasteiger partial charge in [-0.1, -0.05) is 0 Å². The quantitative estimate of drug-likeness (QED) is 0.638. The van der Waals surface area contributed by atoms with Crippen molar-refractivity contribution < 1.29 is 9.84 Å². The summed E-state index contributed by atoms with van der Waals surface area (Å²) in [7, 11) is 0. The van der Waals surface area contributed by atoms with E-state index in [0.717, 1.165) is 0 Å². The van der Waals surface area contributed by atoms with Crippen LogP contribution in [-0.4, -0.2) is 28.3 Å². The smallest absolute Gasteiger partial charge is 0.254 e. The van der Waals surface area contributed by atoms with Gasteiger partial charge in [-0.05, 0) is 6.92 Å². The van der Waals surface area contributed by atoms with Crippen LogP contribution in [0.5, 0.6) is 5.88 Å². The molecule has 1 aromatic rings. The highest BCUT2D eigenvalue weighted by atomic mass is 16.5. The third-order valence-electron chi connectivity index (χ3n) is 1.18. The van der Waals surface area contributed by atoms with E-state index in [1.165, 1.54) is 6.07 Å². The fraction of sp³-hybridized carbons (Fsp3) is 0.429. The fourth-order valence-electron chi connectivity index (χ4n) is 0.776. The van der Waals surface area contributed by atoms with Crippen molar-refractivity contribution in [3.63, 3.8) is 0 Å². The van der Waals surface area contributed by atoms with E-state index in [1.807, 2.05) is 0 Å². The molecule has 12 heavy (non-hydrogen) atoms. The van der Waals surface area contributed by atoms with Gasteiger partial charge in [-0.2, -0.15) is 0 Å². The molecule has 5 nitrogen and oxygen atoms in total. The summed E-state index contributed by atoms with van der Waals surface area (Å²) in [6, 6.07) is 1.24. The monoisotopic (exact) mass is 170 g/mol. The Balaban J connectivity index is 2.79. The molecule has 1 heterocycles. The molecule has 2 N–H and O–H groups in total. The lowest BCUT2D eigenvalue weighted by molar-refractivity contribution is 0.196. The highest BCUT2D eigenvalue weighted by Gasteiger charge is 1.97. The minimum Gasteiger partial charge on any atom is -0.475 e. The van der Waals surface area contributed by atoms with Crippen LogP contribution in [-0.2, 0) is 0 Å². The summed E-state index contributed by atoms with van der Waals surface area (Å²) in [5, 5.41) is 8.43. The Morgan fingerprint density at radius 3 is 3.08 bits per heavy atom. The maximum Gasteiger partial charge on any atom is 0.254 e. The second-order valence-corrected chi connectivity index (χ2v) is 2.24. The molecule has 0 atom stereocenters. The number of rotatable bonds is 3. The lowest BCUT2D eigenvalue weighted by atomic mass is 10.5. The van der Waals surface area contributed by atoms with Gasteiger partial charge in [0.05, 0.1) is 12.7 Å². The molecule has 0 amide bonds. The maximum absolute atomic E-state index is 10.8. The average molecular weight is 170 g/mol. The van der Waals surface area contributed by atoms with Crippen molar-refractivity contribution in [2.24, 2.45) is 0 Å². The van der Waals surface area contributed by atoms with Crippen molar-refractivity contribution in [3.8, 4) is 5.88 Å². The van der Waals surface area contributed by atoms with E-state index in [-0.39, 0.29) is 24.7 Å². The zero-order chi connectivity index (χ0) is 8.97. The Bertz CT molecular complexity index is 308. The Kier molecular flexibility index (Phi) is 2.82. The first kappa shape index (κ1) is 8.73. The van der Waals surface area contributed by atoms with Crippen LogP contribution in [0.4, 0.5) is 0 Å². The van der Waals surface area contributed by atoms with Crippen molar-refractivity contribution in [1.29, 1.82) is 0 Å². The molecule has 0 aliphatic carbocycles. The second-order valence-electron chi connectivity index (χ2n) is 2.24. The third-order valence-corrected chi connectivity index (χ3v) is 1.18. The first-order valence-electron chi connectivity index (χ1n) is 3.54. The highest BCUT2D eigenvalue weighted by Crippen LogP contribution is 2.00. The first-order valence-corrected chi connectivity index (χ1v) is 3.54. The number of ether oxygens (including phenoxy) is 1. The van der Waals surface area contributed by atoms with Crippen LogP contribution >= 0.6 is 0 Å². The first-order chi connectivity index (χ1) is 5.72. The Morgan fingerprint density at radius 2 is 2.50 bits per heavy atom. The largest absolute Gasteiger partial charge is 0.475 e. The summed E-state index contributed by atoms with van der Waals surface area (Å²) in [5.41, 5.74) is -0.254. The lowest BCUT2D eigenvalue weighted by Crippen LogP contribution is -2.11. The van der Waals surface area contributed by atoms with Gasteiger partial charge in [0.15, 0.2) is 0 Å². The van der Waals surface area contributed by atoms with Crippen LogP contribution < -0.4 is 10.3 Å².